The number of alkyl halides is 3. The van der Waals surface area contributed by atoms with Crippen molar-refractivity contribution in [2.45, 2.75) is 18.6 Å². The molecule has 0 spiro atoms. The zero-order valence-electron chi connectivity index (χ0n) is 8.14. The number of carbonyl (C=O) groups is 1. The second-order valence-electron chi connectivity index (χ2n) is 3.66. The smallest absolute Gasteiger partial charge is 0.326 e. The minimum Gasteiger partial charge on any atom is -0.326 e. The number of benzene rings is 1. The van der Waals surface area contributed by atoms with Crippen molar-refractivity contribution < 1.29 is 18.0 Å². The second-order valence-corrected chi connectivity index (χ2v) is 3.66. The number of anilines is 1. The van der Waals surface area contributed by atoms with Crippen molar-refractivity contribution in [2.75, 3.05) is 5.32 Å². The zero-order chi connectivity index (χ0) is 11.9. The lowest BCUT2D eigenvalue weighted by molar-refractivity contribution is -0.149. The summed E-state index contributed by atoms with van der Waals surface area (Å²) in [4.78, 5) is 11.0. The van der Waals surface area contributed by atoms with E-state index >= 15 is 0 Å². The molecule has 3 N–H and O–H groups in total. The third kappa shape index (κ3) is 1.88. The third-order valence-corrected chi connectivity index (χ3v) is 2.47. The minimum atomic E-state index is -4.47. The van der Waals surface area contributed by atoms with Crippen molar-refractivity contribution in [2.24, 2.45) is 5.73 Å². The number of nitrogens with two attached hydrogens (primary N) is 1. The van der Waals surface area contributed by atoms with Crippen LogP contribution in [0.5, 0.6) is 0 Å². The Balaban J connectivity index is 2.33. The molecule has 0 bridgehead atoms. The van der Waals surface area contributed by atoms with Crippen LogP contribution in [0.1, 0.15) is 17.2 Å². The predicted octanol–water partition coefficient (Wildman–Crippen LogP) is 1.74. The van der Waals surface area contributed by atoms with Crippen LogP contribution in [0.15, 0.2) is 18.2 Å². The molecule has 1 unspecified atom stereocenters. The first-order valence-electron chi connectivity index (χ1n) is 4.63. The second kappa shape index (κ2) is 3.48. The van der Waals surface area contributed by atoms with Gasteiger partial charge in [0.2, 0.25) is 5.91 Å². The Hall–Kier alpha value is -1.56. The summed E-state index contributed by atoms with van der Waals surface area (Å²) in [6.07, 6.45) is -4.36. The molecule has 0 aliphatic carbocycles. The van der Waals surface area contributed by atoms with Gasteiger partial charge in [0.05, 0.1) is 6.42 Å². The molecular weight excluding hydrogens is 221 g/mol. The molecule has 1 heterocycles. The van der Waals surface area contributed by atoms with Crippen LogP contribution in [0.3, 0.4) is 0 Å². The SMILES string of the molecule is NC(c1ccc2c(c1)CC(=O)N2)C(F)(F)F. The molecule has 1 aromatic rings. The van der Waals surface area contributed by atoms with Crippen molar-refractivity contribution in [3.05, 3.63) is 29.3 Å². The molecule has 6 heteroatoms. The van der Waals surface area contributed by atoms with Crippen molar-refractivity contribution in [1.82, 2.24) is 0 Å². The van der Waals surface area contributed by atoms with Crippen molar-refractivity contribution >= 4 is 11.6 Å². The molecule has 16 heavy (non-hydrogen) atoms. The Kier molecular flexibility index (Phi) is 2.38. The summed E-state index contributed by atoms with van der Waals surface area (Å²) in [6, 6.07) is 2.04. The molecule has 1 aliphatic heterocycles. The highest BCUT2D eigenvalue weighted by atomic mass is 19.4. The lowest BCUT2D eigenvalue weighted by Crippen LogP contribution is -2.28. The number of rotatable bonds is 1. The Morgan fingerprint density at radius 1 is 1.38 bits per heavy atom. The van der Waals surface area contributed by atoms with Gasteiger partial charge in [0.1, 0.15) is 6.04 Å². The Labute approximate surface area is 89.4 Å². The topological polar surface area (TPSA) is 55.1 Å². The maximum absolute atomic E-state index is 12.4. The Morgan fingerprint density at radius 2 is 2.06 bits per heavy atom. The first-order chi connectivity index (χ1) is 7.38. The fourth-order valence-electron chi connectivity index (χ4n) is 1.63. The molecule has 0 saturated heterocycles. The van der Waals surface area contributed by atoms with Gasteiger partial charge in [0, 0.05) is 5.69 Å². The number of halogens is 3. The van der Waals surface area contributed by atoms with E-state index in [-0.39, 0.29) is 17.9 Å². The number of carbonyl (C=O) groups excluding carboxylic acids is 1. The molecular formula is C10H9F3N2O. The molecule has 3 nitrogen and oxygen atoms in total. The van der Waals surface area contributed by atoms with Crippen LogP contribution in [-0.4, -0.2) is 12.1 Å². The minimum absolute atomic E-state index is 0.0252. The van der Waals surface area contributed by atoms with Crippen molar-refractivity contribution in [3.8, 4) is 0 Å². The van der Waals surface area contributed by atoms with Gasteiger partial charge in [-0.25, -0.2) is 0 Å². The maximum Gasteiger partial charge on any atom is 0.407 e. The van der Waals surface area contributed by atoms with Gasteiger partial charge < -0.3 is 11.1 Å². The summed E-state index contributed by atoms with van der Waals surface area (Å²) in [5, 5.41) is 2.54. The summed E-state index contributed by atoms with van der Waals surface area (Å²) in [5.41, 5.74) is 6.16. The number of hydrogen-bond donors (Lipinski definition) is 2. The first-order valence-corrected chi connectivity index (χ1v) is 4.63. The van der Waals surface area contributed by atoms with E-state index in [2.05, 4.69) is 5.32 Å². The first kappa shape index (κ1) is 10.9. The summed E-state index contributed by atoms with van der Waals surface area (Å²) in [5.74, 6) is -0.215. The quantitative estimate of drug-likeness (QED) is 0.772. The van der Waals surface area contributed by atoms with Crippen LogP contribution < -0.4 is 11.1 Å². The van der Waals surface area contributed by atoms with Gasteiger partial charge in [0.25, 0.3) is 0 Å². The zero-order valence-corrected chi connectivity index (χ0v) is 8.14. The molecule has 0 fully saturated rings. The summed E-state index contributed by atoms with van der Waals surface area (Å²) in [6.45, 7) is 0. The van der Waals surface area contributed by atoms with Gasteiger partial charge >= 0.3 is 6.18 Å². The largest absolute Gasteiger partial charge is 0.407 e. The normalized spacial score (nSPS) is 16.9. The van der Waals surface area contributed by atoms with E-state index in [1.165, 1.54) is 18.2 Å². The Bertz CT molecular complexity index is 442. The van der Waals surface area contributed by atoms with Crippen molar-refractivity contribution in [3.63, 3.8) is 0 Å². The molecule has 86 valence electrons. The van der Waals surface area contributed by atoms with E-state index in [0.29, 0.717) is 11.3 Å². The van der Waals surface area contributed by atoms with Crippen LogP contribution in [0.4, 0.5) is 18.9 Å². The molecule has 1 amide bonds. The van der Waals surface area contributed by atoms with E-state index in [9.17, 15) is 18.0 Å². The molecule has 0 saturated carbocycles. The third-order valence-electron chi connectivity index (χ3n) is 2.47. The number of hydrogen-bond acceptors (Lipinski definition) is 2. The van der Waals surface area contributed by atoms with E-state index < -0.39 is 12.2 Å². The van der Waals surface area contributed by atoms with Crippen LogP contribution in [0, 0.1) is 0 Å². The molecule has 0 aromatic heterocycles. The summed E-state index contributed by atoms with van der Waals surface area (Å²) < 4.78 is 37.1. The number of fused-ring (bicyclic) bond motifs is 1. The molecule has 0 radical (unpaired) electrons. The van der Waals surface area contributed by atoms with Crippen LogP contribution in [0.25, 0.3) is 0 Å². The fourth-order valence-corrected chi connectivity index (χ4v) is 1.63. The number of nitrogens with one attached hydrogen (secondary N) is 1. The maximum atomic E-state index is 12.4. The van der Waals surface area contributed by atoms with Crippen LogP contribution in [-0.2, 0) is 11.2 Å². The van der Waals surface area contributed by atoms with E-state index in [4.69, 9.17) is 5.73 Å². The lowest BCUT2D eigenvalue weighted by Gasteiger charge is -2.16. The summed E-state index contributed by atoms with van der Waals surface area (Å²) in [7, 11) is 0. The highest BCUT2D eigenvalue weighted by molar-refractivity contribution is 5.99. The molecule has 1 aromatic carbocycles. The van der Waals surface area contributed by atoms with Gasteiger partial charge in [-0.05, 0) is 17.2 Å². The van der Waals surface area contributed by atoms with Gasteiger partial charge in [0.15, 0.2) is 0 Å². The Morgan fingerprint density at radius 3 is 2.69 bits per heavy atom. The average molecular weight is 230 g/mol. The lowest BCUT2D eigenvalue weighted by atomic mass is 10.0. The van der Waals surface area contributed by atoms with E-state index in [1.54, 1.807) is 0 Å². The fraction of sp³-hybridized carbons (Fsp3) is 0.300. The average Bonchev–Trinajstić information content (AvgIpc) is 2.54. The van der Waals surface area contributed by atoms with Gasteiger partial charge in [-0.15, -0.1) is 0 Å². The van der Waals surface area contributed by atoms with E-state index in [1.807, 2.05) is 0 Å². The van der Waals surface area contributed by atoms with Crippen molar-refractivity contribution in [1.29, 1.82) is 0 Å². The summed E-state index contributed by atoms with van der Waals surface area (Å²) >= 11 is 0. The van der Waals surface area contributed by atoms with Crippen LogP contribution >= 0.6 is 0 Å². The highest BCUT2D eigenvalue weighted by Gasteiger charge is 2.38. The van der Waals surface area contributed by atoms with Gasteiger partial charge in [-0.2, -0.15) is 13.2 Å². The van der Waals surface area contributed by atoms with Crippen LogP contribution in [0.2, 0.25) is 0 Å². The van der Waals surface area contributed by atoms with Gasteiger partial charge in [-0.1, -0.05) is 12.1 Å². The number of amides is 1. The predicted molar refractivity (Wildman–Crippen MR) is 51.8 cm³/mol. The molecule has 1 atom stereocenters. The molecule has 2 rings (SSSR count). The van der Waals surface area contributed by atoms with Gasteiger partial charge in [-0.3, -0.25) is 4.79 Å². The highest BCUT2D eigenvalue weighted by Crippen LogP contribution is 2.33. The monoisotopic (exact) mass is 230 g/mol. The molecule has 1 aliphatic rings. The van der Waals surface area contributed by atoms with E-state index in [0.717, 1.165) is 0 Å². The standard InChI is InChI=1S/C10H9F3N2O/c11-10(12,13)9(14)5-1-2-7-6(3-5)4-8(16)15-7/h1-3,9H,4,14H2,(H,15,16).